The van der Waals surface area contributed by atoms with Crippen LogP contribution in [0.5, 0.6) is 0 Å². The van der Waals surface area contributed by atoms with Crippen LogP contribution in [0.25, 0.3) is 0 Å². The zero-order valence-corrected chi connectivity index (χ0v) is 17.3. The molecule has 1 nitrogen and oxygen atoms in total. The molecule has 0 aliphatic carbocycles. The fourth-order valence-corrected chi connectivity index (χ4v) is 3.56. The highest BCUT2D eigenvalue weighted by Crippen LogP contribution is 2.19. The predicted octanol–water partition coefficient (Wildman–Crippen LogP) is 7.90. The van der Waals surface area contributed by atoms with Crippen LogP contribution in [-0.4, -0.2) is 11.7 Å². The Balaban J connectivity index is 3.14. The molecule has 0 saturated heterocycles. The van der Waals surface area contributed by atoms with E-state index in [9.17, 15) is 0 Å². The summed E-state index contributed by atoms with van der Waals surface area (Å²) in [6, 6.07) is 0. The van der Waals surface area contributed by atoms with Crippen molar-refractivity contribution in [1.29, 1.82) is 0 Å². The lowest BCUT2D eigenvalue weighted by atomic mass is 9.95. The molecular weight excluding hydrogens is 292 g/mol. The van der Waals surface area contributed by atoms with Gasteiger partial charge in [0, 0.05) is 6.61 Å². The highest BCUT2D eigenvalue weighted by atomic mass is 16.2. The number of aliphatic hydroxyl groups is 1. The Morgan fingerprint density at radius 2 is 0.792 bits per heavy atom. The SMILES string of the molecule is CC(C)CCCCCCCCC(C)CCCCCCCCCCO. The van der Waals surface area contributed by atoms with Crippen molar-refractivity contribution >= 4 is 0 Å². The van der Waals surface area contributed by atoms with Gasteiger partial charge in [0.05, 0.1) is 0 Å². The summed E-state index contributed by atoms with van der Waals surface area (Å²) in [6.07, 6.45) is 23.6. The van der Waals surface area contributed by atoms with Gasteiger partial charge in [-0.1, -0.05) is 124 Å². The molecule has 24 heavy (non-hydrogen) atoms. The monoisotopic (exact) mass is 340 g/mol. The Morgan fingerprint density at radius 3 is 1.17 bits per heavy atom. The van der Waals surface area contributed by atoms with E-state index in [1.54, 1.807) is 0 Å². The third-order valence-electron chi connectivity index (χ3n) is 5.33. The number of aliphatic hydroxyl groups excluding tert-OH is 1. The molecule has 0 radical (unpaired) electrons. The van der Waals surface area contributed by atoms with E-state index in [0.717, 1.165) is 18.3 Å². The molecule has 0 spiro atoms. The van der Waals surface area contributed by atoms with E-state index in [1.165, 1.54) is 103 Å². The van der Waals surface area contributed by atoms with Crippen molar-refractivity contribution < 1.29 is 5.11 Å². The van der Waals surface area contributed by atoms with E-state index in [0.29, 0.717) is 6.61 Å². The number of rotatable bonds is 19. The van der Waals surface area contributed by atoms with Gasteiger partial charge in [-0.05, 0) is 18.3 Å². The average Bonchev–Trinajstić information content (AvgIpc) is 2.55. The highest BCUT2D eigenvalue weighted by Gasteiger charge is 2.02. The molecule has 0 rings (SSSR count). The van der Waals surface area contributed by atoms with Gasteiger partial charge in [-0.25, -0.2) is 0 Å². The smallest absolute Gasteiger partial charge is 0.0431 e. The molecule has 0 aromatic carbocycles. The first-order chi connectivity index (χ1) is 11.7. The summed E-state index contributed by atoms with van der Waals surface area (Å²) in [5, 5.41) is 8.73. The lowest BCUT2D eigenvalue weighted by molar-refractivity contribution is 0.282. The van der Waals surface area contributed by atoms with Gasteiger partial charge in [-0.3, -0.25) is 0 Å². The minimum Gasteiger partial charge on any atom is -0.396 e. The van der Waals surface area contributed by atoms with Gasteiger partial charge in [-0.2, -0.15) is 0 Å². The number of hydrogen-bond donors (Lipinski definition) is 1. The van der Waals surface area contributed by atoms with E-state index in [1.807, 2.05) is 0 Å². The van der Waals surface area contributed by atoms with Crippen molar-refractivity contribution in [1.82, 2.24) is 0 Å². The van der Waals surface area contributed by atoms with E-state index in [2.05, 4.69) is 20.8 Å². The van der Waals surface area contributed by atoms with Gasteiger partial charge in [0.2, 0.25) is 0 Å². The summed E-state index contributed by atoms with van der Waals surface area (Å²) >= 11 is 0. The Kier molecular flexibility index (Phi) is 19.3. The summed E-state index contributed by atoms with van der Waals surface area (Å²) in [5.41, 5.74) is 0. The molecule has 1 unspecified atom stereocenters. The van der Waals surface area contributed by atoms with E-state index in [4.69, 9.17) is 5.11 Å². The topological polar surface area (TPSA) is 20.2 Å². The van der Waals surface area contributed by atoms with Crippen LogP contribution in [0.2, 0.25) is 0 Å². The molecule has 1 heteroatoms. The van der Waals surface area contributed by atoms with Crippen molar-refractivity contribution in [3.63, 3.8) is 0 Å². The lowest BCUT2D eigenvalue weighted by Crippen LogP contribution is -1.95. The first-order valence-electron chi connectivity index (χ1n) is 11.3. The van der Waals surface area contributed by atoms with Crippen LogP contribution in [0.15, 0.2) is 0 Å². The maximum absolute atomic E-state index is 8.73. The molecule has 0 fully saturated rings. The molecule has 0 bridgehead atoms. The quantitative estimate of drug-likeness (QED) is 0.237. The molecule has 0 saturated carbocycles. The Labute approximate surface area is 154 Å². The van der Waals surface area contributed by atoms with Crippen molar-refractivity contribution in [3.05, 3.63) is 0 Å². The van der Waals surface area contributed by atoms with Crippen molar-refractivity contribution in [2.45, 2.75) is 130 Å². The molecule has 0 heterocycles. The maximum atomic E-state index is 8.73. The maximum Gasteiger partial charge on any atom is 0.0431 e. The normalized spacial score (nSPS) is 12.9. The second kappa shape index (κ2) is 19.3. The first-order valence-corrected chi connectivity index (χ1v) is 11.3. The zero-order chi connectivity index (χ0) is 17.9. The second-order valence-corrected chi connectivity index (χ2v) is 8.54. The molecule has 1 atom stereocenters. The third-order valence-corrected chi connectivity index (χ3v) is 5.33. The van der Waals surface area contributed by atoms with Crippen LogP contribution in [-0.2, 0) is 0 Å². The number of hydrogen-bond acceptors (Lipinski definition) is 1. The van der Waals surface area contributed by atoms with Crippen molar-refractivity contribution in [2.24, 2.45) is 11.8 Å². The standard InChI is InChI=1S/C23H48O/c1-22(2)18-14-10-7-8-12-16-20-23(3)19-15-11-6-4-5-9-13-17-21-24/h22-24H,4-21H2,1-3H3. The van der Waals surface area contributed by atoms with Gasteiger partial charge >= 0.3 is 0 Å². The third kappa shape index (κ3) is 20.0. The van der Waals surface area contributed by atoms with Crippen LogP contribution in [0.3, 0.4) is 0 Å². The summed E-state index contributed by atoms with van der Waals surface area (Å²) in [7, 11) is 0. The van der Waals surface area contributed by atoms with Gasteiger partial charge in [0.1, 0.15) is 0 Å². The minimum absolute atomic E-state index is 0.371. The van der Waals surface area contributed by atoms with E-state index >= 15 is 0 Å². The predicted molar refractivity (Wildman–Crippen MR) is 110 cm³/mol. The molecular formula is C23H48O. The van der Waals surface area contributed by atoms with Gasteiger partial charge in [-0.15, -0.1) is 0 Å². The highest BCUT2D eigenvalue weighted by molar-refractivity contribution is 4.56. The molecule has 1 N–H and O–H groups in total. The van der Waals surface area contributed by atoms with Crippen LogP contribution in [0, 0.1) is 11.8 Å². The van der Waals surface area contributed by atoms with Gasteiger partial charge in [0.25, 0.3) is 0 Å². The second-order valence-electron chi connectivity index (χ2n) is 8.54. The molecule has 0 aromatic heterocycles. The molecule has 0 aliphatic heterocycles. The molecule has 0 aromatic rings. The molecule has 0 amide bonds. The molecule has 0 aliphatic rings. The zero-order valence-electron chi connectivity index (χ0n) is 17.3. The van der Waals surface area contributed by atoms with E-state index in [-0.39, 0.29) is 0 Å². The summed E-state index contributed by atoms with van der Waals surface area (Å²) < 4.78 is 0. The van der Waals surface area contributed by atoms with Crippen LogP contribution < -0.4 is 0 Å². The van der Waals surface area contributed by atoms with E-state index < -0.39 is 0 Å². The van der Waals surface area contributed by atoms with Crippen LogP contribution in [0.4, 0.5) is 0 Å². The van der Waals surface area contributed by atoms with Gasteiger partial charge in [0.15, 0.2) is 0 Å². The fourth-order valence-electron chi connectivity index (χ4n) is 3.56. The largest absolute Gasteiger partial charge is 0.396 e. The van der Waals surface area contributed by atoms with Crippen LogP contribution >= 0.6 is 0 Å². The van der Waals surface area contributed by atoms with Crippen molar-refractivity contribution in [3.8, 4) is 0 Å². The average molecular weight is 341 g/mol. The summed E-state index contributed by atoms with van der Waals surface area (Å²) in [6.45, 7) is 7.49. The van der Waals surface area contributed by atoms with Crippen molar-refractivity contribution in [2.75, 3.05) is 6.61 Å². The lowest BCUT2D eigenvalue weighted by Gasteiger charge is -2.11. The minimum atomic E-state index is 0.371. The van der Waals surface area contributed by atoms with Gasteiger partial charge < -0.3 is 5.11 Å². The molecule has 146 valence electrons. The number of unbranched alkanes of at least 4 members (excludes halogenated alkanes) is 12. The van der Waals surface area contributed by atoms with Crippen LogP contribution in [0.1, 0.15) is 130 Å². The Bertz CT molecular complexity index is 224. The Hall–Kier alpha value is -0.0400. The summed E-state index contributed by atoms with van der Waals surface area (Å²) in [4.78, 5) is 0. The summed E-state index contributed by atoms with van der Waals surface area (Å²) in [5.74, 6) is 1.83. The Morgan fingerprint density at radius 1 is 0.458 bits per heavy atom. The first kappa shape index (κ1) is 24.0. The fraction of sp³-hybridized carbons (Fsp3) is 1.00.